The number of aromatic nitrogens is 1. The Kier molecular flexibility index (Phi) is 6.49. The monoisotopic (exact) mass is 472 g/mol. The zero-order chi connectivity index (χ0) is 23.7. The number of anilines is 1. The number of amides is 1. The number of carbonyl (C=O) groups excluding carboxylic acids is 1. The molecule has 0 spiro atoms. The summed E-state index contributed by atoms with van der Waals surface area (Å²) in [5, 5.41) is -0.349. The van der Waals surface area contributed by atoms with Crippen LogP contribution in [0.25, 0.3) is 11.1 Å². The fourth-order valence-electron chi connectivity index (χ4n) is 3.86. The first-order valence-electron chi connectivity index (χ1n) is 10.5. The zero-order valence-corrected chi connectivity index (χ0v) is 18.7. The lowest BCUT2D eigenvalue weighted by molar-refractivity contribution is 0.0791. The third-order valence-electron chi connectivity index (χ3n) is 5.63. The summed E-state index contributed by atoms with van der Waals surface area (Å²) in [6.07, 6.45) is 1.40. The number of halogens is 3. The molecule has 1 aliphatic rings. The van der Waals surface area contributed by atoms with Crippen LogP contribution in [0, 0.1) is 11.6 Å². The van der Waals surface area contributed by atoms with Crippen LogP contribution in [0.1, 0.15) is 35.4 Å². The molecule has 1 fully saturated rings. The summed E-state index contributed by atoms with van der Waals surface area (Å²) in [5.41, 5.74) is 13.7. The summed E-state index contributed by atoms with van der Waals surface area (Å²) in [5.74, 6) is -1.26. The van der Waals surface area contributed by atoms with Gasteiger partial charge in [-0.3, -0.25) is 4.79 Å². The van der Waals surface area contributed by atoms with Crippen molar-refractivity contribution in [2.24, 2.45) is 5.73 Å². The molecule has 1 saturated heterocycles. The molecule has 1 unspecified atom stereocenters. The first kappa shape index (κ1) is 22.9. The Morgan fingerprint density at radius 1 is 1.21 bits per heavy atom. The standard InChI is InChI=1S/C24H23ClF2N4O2/c1-13(21-18(26)5-6-19(27)22(21)25)33-20-10-16(11-30-23(20)29)14-3-2-4-15(9-14)24(32)31-8-7-17(28)12-31/h2-6,9-11,13,17H,7-8,12,28H2,1H3,(H2,29,30)/t13?,17-/m0/s1. The van der Waals surface area contributed by atoms with Crippen LogP contribution in [0.5, 0.6) is 5.75 Å². The Hall–Kier alpha value is -3.23. The van der Waals surface area contributed by atoms with Gasteiger partial charge >= 0.3 is 0 Å². The first-order chi connectivity index (χ1) is 15.7. The molecule has 1 aliphatic heterocycles. The van der Waals surface area contributed by atoms with E-state index >= 15 is 0 Å². The van der Waals surface area contributed by atoms with Gasteiger partial charge in [-0.25, -0.2) is 13.8 Å². The smallest absolute Gasteiger partial charge is 0.253 e. The maximum Gasteiger partial charge on any atom is 0.253 e. The Labute approximate surface area is 195 Å². The van der Waals surface area contributed by atoms with Crippen LogP contribution in [0.3, 0.4) is 0 Å². The summed E-state index contributed by atoms with van der Waals surface area (Å²) < 4.78 is 33.9. The number of likely N-dealkylation sites (tertiary alicyclic amines) is 1. The summed E-state index contributed by atoms with van der Waals surface area (Å²) in [7, 11) is 0. The highest BCUT2D eigenvalue weighted by Crippen LogP contribution is 2.35. The van der Waals surface area contributed by atoms with Crippen molar-refractivity contribution in [3.05, 3.63) is 76.4 Å². The Bertz CT molecular complexity index is 1210. The van der Waals surface area contributed by atoms with Crippen molar-refractivity contribution in [1.29, 1.82) is 0 Å². The van der Waals surface area contributed by atoms with Crippen LogP contribution < -0.4 is 16.2 Å². The van der Waals surface area contributed by atoms with E-state index < -0.39 is 17.7 Å². The van der Waals surface area contributed by atoms with Crippen molar-refractivity contribution >= 4 is 23.3 Å². The van der Waals surface area contributed by atoms with Crippen molar-refractivity contribution in [2.75, 3.05) is 18.8 Å². The van der Waals surface area contributed by atoms with Gasteiger partial charge in [0, 0.05) is 42.0 Å². The fourth-order valence-corrected chi connectivity index (χ4v) is 4.17. The van der Waals surface area contributed by atoms with Gasteiger partial charge in [0.15, 0.2) is 11.6 Å². The number of benzene rings is 2. The lowest BCUT2D eigenvalue weighted by Gasteiger charge is -2.19. The highest BCUT2D eigenvalue weighted by Gasteiger charge is 2.25. The molecule has 0 bridgehead atoms. The Morgan fingerprint density at radius 2 is 1.97 bits per heavy atom. The Balaban J connectivity index is 1.61. The number of nitrogens with two attached hydrogens (primary N) is 2. The number of hydrogen-bond donors (Lipinski definition) is 2. The molecule has 4 rings (SSSR count). The molecule has 33 heavy (non-hydrogen) atoms. The molecule has 0 saturated carbocycles. The second-order valence-corrected chi connectivity index (χ2v) is 8.38. The van der Waals surface area contributed by atoms with Crippen molar-refractivity contribution in [1.82, 2.24) is 9.88 Å². The molecule has 9 heteroatoms. The zero-order valence-electron chi connectivity index (χ0n) is 17.9. The Morgan fingerprint density at radius 3 is 2.70 bits per heavy atom. The molecular weight excluding hydrogens is 450 g/mol. The van der Waals surface area contributed by atoms with E-state index in [1.54, 1.807) is 35.4 Å². The van der Waals surface area contributed by atoms with Gasteiger partial charge in [0.25, 0.3) is 5.91 Å². The summed E-state index contributed by atoms with van der Waals surface area (Å²) >= 11 is 5.95. The number of carbonyl (C=O) groups is 1. The molecule has 0 radical (unpaired) electrons. The maximum atomic E-state index is 14.3. The van der Waals surface area contributed by atoms with E-state index in [2.05, 4.69) is 4.98 Å². The minimum absolute atomic E-state index is 0.00319. The van der Waals surface area contributed by atoms with Crippen LogP contribution in [0.15, 0.2) is 48.7 Å². The van der Waals surface area contributed by atoms with Gasteiger partial charge in [-0.15, -0.1) is 0 Å². The molecule has 172 valence electrons. The summed E-state index contributed by atoms with van der Waals surface area (Å²) in [4.78, 5) is 18.7. The normalized spacial score (nSPS) is 16.6. The first-order valence-corrected chi connectivity index (χ1v) is 10.8. The molecule has 3 aromatic rings. The number of rotatable bonds is 5. The molecule has 2 heterocycles. The highest BCUT2D eigenvalue weighted by atomic mass is 35.5. The quantitative estimate of drug-likeness (QED) is 0.530. The second-order valence-electron chi connectivity index (χ2n) is 8.01. The maximum absolute atomic E-state index is 14.3. The molecule has 2 aromatic carbocycles. The predicted octanol–water partition coefficient (Wildman–Crippen LogP) is 4.58. The fraction of sp³-hybridized carbons (Fsp3) is 0.250. The van der Waals surface area contributed by atoms with Crippen molar-refractivity contribution < 1.29 is 18.3 Å². The van der Waals surface area contributed by atoms with Gasteiger partial charge in [-0.1, -0.05) is 23.7 Å². The van der Waals surface area contributed by atoms with E-state index in [-0.39, 0.29) is 34.1 Å². The van der Waals surface area contributed by atoms with Gasteiger partial charge in [-0.2, -0.15) is 0 Å². The summed E-state index contributed by atoms with van der Waals surface area (Å²) in [6, 6.07) is 10.7. The topological polar surface area (TPSA) is 94.5 Å². The molecule has 1 amide bonds. The van der Waals surface area contributed by atoms with Crippen molar-refractivity contribution in [2.45, 2.75) is 25.5 Å². The van der Waals surface area contributed by atoms with Crippen molar-refractivity contribution in [3.63, 3.8) is 0 Å². The highest BCUT2D eigenvalue weighted by molar-refractivity contribution is 6.31. The average molecular weight is 473 g/mol. The average Bonchev–Trinajstić information content (AvgIpc) is 3.24. The second kappa shape index (κ2) is 9.33. The van der Waals surface area contributed by atoms with Crippen LogP contribution in [-0.4, -0.2) is 34.9 Å². The molecule has 0 aliphatic carbocycles. The third-order valence-corrected chi connectivity index (χ3v) is 6.01. The van der Waals surface area contributed by atoms with Gasteiger partial charge in [0.2, 0.25) is 0 Å². The van der Waals surface area contributed by atoms with Crippen molar-refractivity contribution in [3.8, 4) is 16.9 Å². The molecule has 1 aromatic heterocycles. The van der Waals surface area contributed by atoms with E-state index in [4.69, 9.17) is 27.8 Å². The number of hydrogen-bond acceptors (Lipinski definition) is 5. The number of nitrogen functional groups attached to an aromatic ring is 1. The van der Waals surface area contributed by atoms with E-state index in [0.29, 0.717) is 24.2 Å². The molecular formula is C24H23ClF2N4O2. The van der Waals surface area contributed by atoms with Gasteiger partial charge in [-0.05, 0) is 49.2 Å². The molecule has 4 N–H and O–H groups in total. The van der Waals surface area contributed by atoms with Gasteiger partial charge in [0.05, 0.1) is 5.02 Å². The van der Waals surface area contributed by atoms with Crippen LogP contribution in [0.2, 0.25) is 5.02 Å². The lowest BCUT2D eigenvalue weighted by Crippen LogP contribution is -2.31. The minimum atomic E-state index is -0.931. The van der Waals surface area contributed by atoms with Crippen LogP contribution in [-0.2, 0) is 0 Å². The van der Waals surface area contributed by atoms with Crippen LogP contribution >= 0.6 is 11.6 Å². The van der Waals surface area contributed by atoms with E-state index in [1.165, 1.54) is 6.92 Å². The molecule has 6 nitrogen and oxygen atoms in total. The molecule has 2 atom stereocenters. The number of pyridine rings is 1. The third kappa shape index (κ3) is 4.77. The summed E-state index contributed by atoms with van der Waals surface area (Å²) in [6.45, 7) is 2.69. The van der Waals surface area contributed by atoms with Gasteiger partial charge in [0.1, 0.15) is 17.7 Å². The number of nitrogens with zero attached hydrogens (tertiary/aromatic N) is 2. The SMILES string of the molecule is CC(Oc1cc(-c2cccc(C(=O)N3CC[C@H](N)C3)c2)cnc1N)c1c(F)ccc(F)c1Cl. The van der Waals surface area contributed by atoms with Crippen LogP contribution in [0.4, 0.5) is 14.6 Å². The lowest BCUT2D eigenvalue weighted by atomic mass is 10.0. The minimum Gasteiger partial charge on any atom is -0.482 e. The largest absolute Gasteiger partial charge is 0.482 e. The van der Waals surface area contributed by atoms with E-state index in [9.17, 15) is 13.6 Å². The van der Waals surface area contributed by atoms with Gasteiger partial charge < -0.3 is 21.1 Å². The van der Waals surface area contributed by atoms with E-state index in [0.717, 1.165) is 24.1 Å². The van der Waals surface area contributed by atoms with E-state index in [1.807, 2.05) is 6.07 Å². The predicted molar refractivity (Wildman–Crippen MR) is 123 cm³/mol. The number of ether oxygens (including phenoxy) is 1.